The maximum Gasteiger partial charge on any atom is 0.223 e. The Labute approximate surface area is 59.4 Å². The summed E-state index contributed by atoms with van der Waals surface area (Å²) in [5.74, 6) is -2.98. The van der Waals surface area contributed by atoms with E-state index in [1.807, 2.05) is 0 Å². The van der Waals surface area contributed by atoms with Gasteiger partial charge in [-0.1, -0.05) is 0 Å². The number of carbonyl (C=O) groups is 1. The second-order valence-corrected chi connectivity index (χ2v) is 2.08. The molecule has 4 nitrogen and oxygen atoms in total. The summed E-state index contributed by atoms with van der Waals surface area (Å²) in [6, 6.07) is 0. The monoisotopic (exact) mass is 148 g/mol. The van der Waals surface area contributed by atoms with Gasteiger partial charge in [0.1, 0.15) is 6.61 Å². The van der Waals surface area contributed by atoms with Gasteiger partial charge < -0.3 is 14.9 Å². The molecule has 10 heavy (non-hydrogen) atoms. The summed E-state index contributed by atoms with van der Waals surface area (Å²) in [4.78, 5) is 10.6. The molecule has 0 radical (unpaired) electrons. The molecule has 0 unspecified atom stereocenters. The number of carbonyl (C=O) groups excluding carboxylic acids is 1. The number of hydrogen-bond donors (Lipinski definition) is 2. The molecule has 4 heteroatoms. The van der Waals surface area contributed by atoms with E-state index in [4.69, 9.17) is 10.2 Å². The Hall–Kier alpha value is -0.450. The van der Waals surface area contributed by atoms with E-state index in [-0.39, 0.29) is 6.61 Å². The highest BCUT2D eigenvalue weighted by atomic mass is 16.5. The smallest absolute Gasteiger partial charge is 0.223 e. The van der Waals surface area contributed by atoms with Gasteiger partial charge >= 0.3 is 0 Å². The predicted octanol–water partition coefficient (Wildman–Crippen LogP) is -0.707. The largest absolute Gasteiger partial charge is 0.374 e. The van der Waals surface area contributed by atoms with Crippen LogP contribution in [0.5, 0.6) is 0 Å². The van der Waals surface area contributed by atoms with E-state index in [1.165, 1.54) is 0 Å². The SMILES string of the molecule is CCOCC(=O)C(C)(O)O. The fourth-order valence-corrected chi connectivity index (χ4v) is 0.331. The van der Waals surface area contributed by atoms with Gasteiger partial charge in [-0.3, -0.25) is 4.79 Å². The Morgan fingerprint density at radius 3 is 2.40 bits per heavy atom. The molecule has 0 aliphatic rings. The maximum absolute atomic E-state index is 10.6. The predicted molar refractivity (Wildman–Crippen MR) is 34.3 cm³/mol. The van der Waals surface area contributed by atoms with Crippen LogP contribution in [0, 0.1) is 0 Å². The van der Waals surface area contributed by atoms with Crippen LogP contribution in [0.4, 0.5) is 0 Å². The lowest BCUT2D eigenvalue weighted by Gasteiger charge is -2.12. The van der Waals surface area contributed by atoms with Gasteiger partial charge in [-0.15, -0.1) is 0 Å². The van der Waals surface area contributed by atoms with Crippen molar-refractivity contribution in [3.8, 4) is 0 Å². The first-order valence-corrected chi connectivity index (χ1v) is 3.04. The fourth-order valence-electron chi connectivity index (χ4n) is 0.331. The molecule has 0 aliphatic carbocycles. The summed E-state index contributed by atoms with van der Waals surface area (Å²) in [7, 11) is 0. The minimum atomic E-state index is -2.25. The molecule has 60 valence electrons. The zero-order valence-electron chi connectivity index (χ0n) is 6.13. The lowest BCUT2D eigenvalue weighted by Crippen LogP contribution is -2.37. The van der Waals surface area contributed by atoms with Crippen LogP contribution in [0.2, 0.25) is 0 Å². The van der Waals surface area contributed by atoms with Gasteiger partial charge in [0, 0.05) is 6.61 Å². The first-order valence-electron chi connectivity index (χ1n) is 3.04. The van der Waals surface area contributed by atoms with Crippen LogP contribution in [0.15, 0.2) is 0 Å². The molecule has 0 bridgehead atoms. The number of hydrogen-bond acceptors (Lipinski definition) is 4. The standard InChI is InChI=1S/C6H12O4/c1-3-10-4-5(7)6(2,8)9/h8-9H,3-4H2,1-2H3. The van der Waals surface area contributed by atoms with Crippen LogP contribution >= 0.6 is 0 Å². The van der Waals surface area contributed by atoms with E-state index in [1.54, 1.807) is 6.92 Å². The molecule has 0 aromatic carbocycles. The Kier molecular flexibility index (Phi) is 3.49. The molecule has 2 N–H and O–H groups in total. The quantitative estimate of drug-likeness (QED) is 0.517. The Morgan fingerprint density at radius 2 is 2.10 bits per heavy atom. The van der Waals surface area contributed by atoms with Crippen LogP contribution in [0.25, 0.3) is 0 Å². The van der Waals surface area contributed by atoms with Crippen LogP contribution in [-0.2, 0) is 9.53 Å². The zero-order chi connectivity index (χ0) is 8.20. The van der Waals surface area contributed by atoms with Crippen molar-refractivity contribution in [3.63, 3.8) is 0 Å². The van der Waals surface area contributed by atoms with Crippen molar-refractivity contribution >= 4 is 5.78 Å². The third-order valence-corrected chi connectivity index (χ3v) is 0.966. The van der Waals surface area contributed by atoms with Gasteiger partial charge in [0.15, 0.2) is 0 Å². The highest BCUT2D eigenvalue weighted by Gasteiger charge is 2.25. The van der Waals surface area contributed by atoms with Crippen LogP contribution in [0.1, 0.15) is 13.8 Å². The second kappa shape index (κ2) is 3.65. The molecule has 0 spiro atoms. The number of aliphatic hydroxyl groups is 2. The summed E-state index contributed by atoms with van der Waals surface area (Å²) in [6.07, 6.45) is 0. The maximum atomic E-state index is 10.6. The molecular formula is C6H12O4. The molecule has 0 aromatic rings. The number of rotatable bonds is 4. The van der Waals surface area contributed by atoms with Gasteiger partial charge in [-0.2, -0.15) is 0 Å². The highest BCUT2D eigenvalue weighted by Crippen LogP contribution is 1.98. The summed E-state index contributed by atoms with van der Waals surface area (Å²) >= 11 is 0. The summed E-state index contributed by atoms with van der Waals surface area (Å²) in [6.45, 7) is 2.87. The molecule has 0 saturated heterocycles. The number of Topliss-reactive ketones (excluding diaryl/α,β-unsaturated/α-hetero) is 1. The van der Waals surface area contributed by atoms with Gasteiger partial charge in [0.25, 0.3) is 0 Å². The van der Waals surface area contributed by atoms with Crippen LogP contribution < -0.4 is 0 Å². The zero-order valence-corrected chi connectivity index (χ0v) is 6.13. The number of ether oxygens (including phenoxy) is 1. The first kappa shape index (κ1) is 9.55. The average molecular weight is 148 g/mol. The van der Waals surface area contributed by atoms with Crippen molar-refractivity contribution in [2.75, 3.05) is 13.2 Å². The molecule has 0 amide bonds. The van der Waals surface area contributed by atoms with E-state index in [0.29, 0.717) is 6.61 Å². The molecular weight excluding hydrogens is 136 g/mol. The lowest BCUT2D eigenvalue weighted by atomic mass is 10.2. The van der Waals surface area contributed by atoms with Gasteiger partial charge in [0.2, 0.25) is 11.6 Å². The third-order valence-electron chi connectivity index (χ3n) is 0.966. The average Bonchev–Trinajstić information content (AvgIpc) is 1.80. The highest BCUT2D eigenvalue weighted by molar-refractivity contribution is 5.85. The topological polar surface area (TPSA) is 66.8 Å². The van der Waals surface area contributed by atoms with E-state index >= 15 is 0 Å². The summed E-state index contributed by atoms with van der Waals surface area (Å²) in [5.41, 5.74) is 0. The van der Waals surface area contributed by atoms with Crippen molar-refractivity contribution in [3.05, 3.63) is 0 Å². The van der Waals surface area contributed by atoms with Gasteiger partial charge in [-0.05, 0) is 13.8 Å². The molecule has 0 aromatic heterocycles. The van der Waals surface area contributed by atoms with Crippen LogP contribution in [0.3, 0.4) is 0 Å². The summed E-state index contributed by atoms with van der Waals surface area (Å²) in [5, 5.41) is 17.3. The normalized spacial score (nSPS) is 11.6. The van der Waals surface area contributed by atoms with Crippen molar-refractivity contribution in [2.24, 2.45) is 0 Å². The van der Waals surface area contributed by atoms with E-state index in [0.717, 1.165) is 6.92 Å². The lowest BCUT2D eigenvalue weighted by molar-refractivity contribution is -0.179. The molecule has 0 fully saturated rings. The first-order chi connectivity index (χ1) is 4.48. The third kappa shape index (κ3) is 3.55. The molecule has 0 saturated carbocycles. The van der Waals surface area contributed by atoms with Crippen molar-refractivity contribution in [1.82, 2.24) is 0 Å². The Balaban J connectivity index is 3.64. The molecule has 0 aliphatic heterocycles. The Morgan fingerprint density at radius 1 is 1.60 bits per heavy atom. The number of ketones is 1. The van der Waals surface area contributed by atoms with Gasteiger partial charge in [-0.25, -0.2) is 0 Å². The van der Waals surface area contributed by atoms with Gasteiger partial charge in [0.05, 0.1) is 0 Å². The second-order valence-electron chi connectivity index (χ2n) is 2.08. The van der Waals surface area contributed by atoms with Crippen molar-refractivity contribution < 1.29 is 19.7 Å². The van der Waals surface area contributed by atoms with E-state index in [9.17, 15) is 4.79 Å². The van der Waals surface area contributed by atoms with E-state index in [2.05, 4.69) is 4.74 Å². The Bertz CT molecular complexity index is 113. The van der Waals surface area contributed by atoms with E-state index < -0.39 is 11.6 Å². The minimum absolute atomic E-state index is 0.250. The van der Waals surface area contributed by atoms with Crippen molar-refractivity contribution in [1.29, 1.82) is 0 Å². The minimum Gasteiger partial charge on any atom is -0.374 e. The molecule has 0 atom stereocenters. The molecule has 0 heterocycles. The van der Waals surface area contributed by atoms with Crippen molar-refractivity contribution in [2.45, 2.75) is 19.6 Å². The fraction of sp³-hybridized carbons (Fsp3) is 0.833. The van der Waals surface area contributed by atoms with Crippen LogP contribution in [-0.4, -0.2) is 35.0 Å². The molecule has 0 rings (SSSR count). The summed E-state index contributed by atoms with van der Waals surface area (Å²) < 4.78 is 4.65.